The second kappa shape index (κ2) is 22.7. The number of hydrogen-bond acceptors (Lipinski definition) is 14. The summed E-state index contributed by atoms with van der Waals surface area (Å²) in [7, 11) is -8.59. The van der Waals surface area contributed by atoms with E-state index in [1.807, 2.05) is 27.7 Å². The summed E-state index contributed by atoms with van der Waals surface area (Å²) in [5, 5.41) is 0. The van der Waals surface area contributed by atoms with Crippen LogP contribution in [0.3, 0.4) is 0 Å². The molecule has 1 aromatic carbocycles. The molecular weight excluding hydrogens is 776 g/mol. The van der Waals surface area contributed by atoms with E-state index in [0.717, 1.165) is 5.56 Å². The molecule has 0 saturated heterocycles. The molecule has 312 valence electrons. The molecule has 1 rings (SSSR count). The molecule has 0 aromatic heterocycles. The van der Waals surface area contributed by atoms with Crippen LogP contribution in [0.25, 0.3) is 0 Å². The van der Waals surface area contributed by atoms with Gasteiger partial charge in [-0.15, -0.1) is 0 Å². The number of imide groups is 1. The molecule has 53 heavy (non-hydrogen) atoms. The lowest BCUT2D eigenvalue weighted by Gasteiger charge is -2.32. The number of halogens is 6. The normalized spacial score (nSPS) is 12.6. The predicted molar refractivity (Wildman–Crippen MR) is 177 cm³/mol. The van der Waals surface area contributed by atoms with Crippen LogP contribution in [0.1, 0.15) is 73.4 Å². The molecule has 1 aromatic rings. The Balaban J connectivity index is -0.00000102. The molecular formula is C30H49F6NO14S2. The van der Waals surface area contributed by atoms with Crippen LogP contribution in [0.5, 0.6) is 5.75 Å². The maximum Gasteiger partial charge on any atom is 0.523 e. The summed E-state index contributed by atoms with van der Waals surface area (Å²) in [6.45, 7) is 18.3. The van der Waals surface area contributed by atoms with Gasteiger partial charge in [-0.3, -0.25) is 8.37 Å². The number of hydrogen-bond donors (Lipinski definition) is 0. The van der Waals surface area contributed by atoms with E-state index in [0.29, 0.717) is 37.0 Å². The Morgan fingerprint density at radius 2 is 1.15 bits per heavy atom. The van der Waals surface area contributed by atoms with Gasteiger partial charge in [0.2, 0.25) is 0 Å². The Kier molecular flexibility index (Phi) is 23.1. The zero-order chi connectivity index (χ0) is 42.8. The van der Waals surface area contributed by atoms with Crippen molar-refractivity contribution in [3.8, 4) is 5.75 Å². The van der Waals surface area contributed by atoms with Gasteiger partial charge >= 0.3 is 49.4 Å². The zero-order valence-electron chi connectivity index (χ0n) is 31.7. The number of nitrogens with zero attached hydrogens (tertiary/aromatic N) is 1. The average molecular weight is 826 g/mol. The van der Waals surface area contributed by atoms with Crippen LogP contribution in [0.15, 0.2) is 18.2 Å². The van der Waals surface area contributed by atoms with E-state index >= 15 is 0 Å². The first-order valence-electron chi connectivity index (χ1n) is 15.2. The average Bonchev–Trinajstić information content (AvgIpc) is 3.00. The highest BCUT2D eigenvalue weighted by Crippen LogP contribution is 2.25. The number of alkyl halides is 6. The molecule has 1 atom stereocenters. The summed E-state index contributed by atoms with van der Waals surface area (Å²) in [6.07, 6.45) is -1.99. The Hall–Kier alpha value is -3.41. The van der Waals surface area contributed by atoms with Gasteiger partial charge in [-0.2, -0.15) is 48.1 Å². The van der Waals surface area contributed by atoms with Gasteiger partial charge in [0.15, 0.2) is 6.79 Å². The number of aryl methyl sites for hydroxylation is 1. The van der Waals surface area contributed by atoms with Crippen LogP contribution in [0.2, 0.25) is 0 Å². The molecule has 0 heterocycles. The Labute approximate surface area is 306 Å². The SMILES string of the molecule is CC.CCOCOc1ccc(C[C@@H](C(=O)OC)N(C(=O)OC(C)(C)C)C(=O)OC(C)(C)C)c(C)c1.COS(=O)(=O)C(F)(F)F.COS(=O)(=O)C(F)(F)F. The van der Waals surface area contributed by atoms with Crippen molar-refractivity contribution in [3.63, 3.8) is 0 Å². The third-order valence-electron chi connectivity index (χ3n) is 5.21. The lowest BCUT2D eigenvalue weighted by molar-refractivity contribution is -0.146. The van der Waals surface area contributed by atoms with Crippen LogP contribution in [-0.4, -0.2) is 103 Å². The molecule has 23 heteroatoms. The lowest BCUT2D eigenvalue weighted by Crippen LogP contribution is -2.53. The first-order chi connectivity index (χ1) is 23.8. The summed E-state index contributed by atoms with van der Waals surface area (Å²) in [4.78, 5) is 39.4. The highest BCUT2D eigenvalue weighted by molar-refractivity contribution is 7.87. The van der Waals surface area contributed by atoms with Crippen LogP contribution >= 0.6 is 0 Å². The number of carbonyl (C=O) groups is 3. The maximum absolute atomic E-state index is 13.0. The minimum Gasteiger partial charge on any atom is -0.468 e. The van der Waals surface area contributed by atoms with Crippen molar-refractivity contribution in [1.29, 1.82) is 0 Å². The van der Waals surface area contributed by atoms with E-state index < -0.39 is 66.7 Å². The maximum atomic E-state index is 13.0. The molecule has 0 aliphatic rings. The Morgan fingerprint density at radius 1 is 0.755 bits per heavy atom. The van der Waals surface area contributed by atoms with Crippen molar-refractivity contribution in [1.82, 2.24) is 4.90 Å². The van der Waals surface area contributed by atoms with Gasteiger partial charge in [-0.1, -0.05) is 19.9 Å². The van der Waals surface area contributed by atoms with Gasteiger partial charge in [-0.25, -0.2) is 14.4 Å². The van der Waals surface area contributed by atoms with E-state index in [2.05, 4.69) is 8.37 Å². The minimum absolute atomic E-state index is 0.00271. The summed E-state index contributed by atoms with van der Waals surface area (Å²) in [5.41, 5.74) is -10.9. The molecule has 0 aliphatic carbocycles. The fraction of sp³-hybridized carbons (Fsp3) is 0.700. The molecule has 0 saturated carbocycles. The fourth-order valence-corrected chi connectivity index (χ4v) is 3.32. The van der Waals surface area contributed by atoms with Crippen LogP contribution in [-0.2, 0) is 58.8 Å². The summed E-state index contributed by atoms with van der Waals surface area (Å²) in [6, 6.07) is 3.97. The van der Waals surface area contributed by atoms with Crippen LogP contribution in [0.4, 0.5) is 35.9 Å². The van der Waals surface area contributed by atoms with Gasteiger partial charge in [0.25, 0.3) is 0 Å². The fourth-order valence-electron chi connectivity index (χ4n) is 2.94. The molecule has 0 fully saturated rings. The summed E-state index contributed by atoms with van der Waals surface area (Å²) in [5.74, 6) is -0.182. The quantitative estimate of drug-likeness (QED) is 0.0466. The van der Waals surface area contributed by atoms with Gasteiger partial charge < -0.3 is 23.7 Å². The molecule has 2 amide bonds. The van der Waals surface area contributed by atoms with Crippen LogP contribution < -0.4 is 4.74 Å². The third-order valence-corrected chi connectivity index (χ3v) is 7.22. The number of carbonyl (C=O) groups excluding carboxylic acids is 3. The summed E-state index contributed by atoms with van der Waals surface area (Å²) >= 11 is 0. The number of ether oxygens (including phenoxy) is 5. The molecule has 0 bridgehead atoms. The van der Waals surface area contributed by atoms with Crippen molar-refractivity contribution < 1.29 is 89.6 Å². The minimum atomic E-state index is -5.34. The number of rotatable bonds is 10. The standard InChI is InChI=1S/C24H37NO8.2C2H3F3O3S.C2H6/c1-10-30-15-31-18-12-11-17(16(2)13-18)14-19(20(26)29-9)25(21(27)32-23(3,4)5)22(28)33-24(6,7)8;2*1-8-9(6,7)2(3,4)5;1-2/h11-13,19H,10,14-15H2,1-9H3;2*1H3;1-2H3/t19-;;;/m0.../s1. The van der Waals surface area contributed by atoms with E-state index in [-0.39, 0.29) is 13.2 Å². The van der Waals surface area contributed by atoms with Gasteiger partial charge in [-0.05, 0) is 78.6 Å². The van der Waals surface area contributed by atoms with Crippen LogP contribution in [0, 0.1) is 6.92 Å². The van der Waals surface area contributed by atoms with E-state index in [4.69, 9.17) is 23.7 Å². The zero-order valence-corrected chi connectivity index (χ0v) is 33.3. The molecule has 0 spiro atoms. The molecule has 0 unspecified atom stereocenters. The highest BCUT2D eigenvalue weighted by Gasteiger charge is 2.47. The Bertz CT molecular complexity index is 1430. The topological polar surface area (TPSA) is 187 Å². The number of amides is 2. The molecule has 0 aliphatic heterocycles. The molecule has 0 radical (unpaired) electrons. The summed E-state index contributed by atoms with van der Waals surface area (Å²) < 4.78 is 138. The van der Waals surface area contributed by atoms with E-state index in [1.54, 1.807) is 59.7 Å². The molecule has 0 N–H and O–H groups in total. The lowest BCUT2D eigenvalue weighted by atomic mass is 10.00. The number of benzene rings is 1. The number of esters is 1. The first kappa shape index (κ1) is 53.9. The van der Waals surface area contributed by atoms with Gasteiger partial charge in [0.1, 0.15) is 23.0 Å². The van der Waals surface area contributed by atoms with Crippen molar-refractivity contribution >= 4 is 38.4 Å². The third kappa shape index (κ3) is 21.2. The monoisotopic (exact) mass is 825 g/mol. The van der Waals surface area contributed by atoms with E-state index in [1.165, 1.54) is 7.11 Å². The predicted octanol–water partition coefficient (Wildman–Crippen LogP) is 6.62. The first-order valence-corrected chi connectivity index (χ1v) is 18.0. The van der Waals surface area contributed by atoms with Crippen molar-refractivity contribution in [2.75, 3.05) is 34.7 Å². The Morgan fingerprint density at radius 3 is 1.42 bits per heavy atom. The second-order valence-electron chi connectivity index (χ2n) is 11.6. The highest BCUT2D eigenvalue weighted by atomic mass is 32.2. The van der Waals surface area contributed by atoms with Crippen molar-refractivity contribution in [2.45, 2.75) is 104 Å². The van der Waals surface area contributed by atoms with Gasteiger partial charge in [0, 0.05) is 13.0 Å². The molecule has 15 nitrogen and oxygen atoms in total. The largest absolute Gasteiger partial charge is 0.523 e. The van der Waals surface area contributed by atoms with Gasteiger partial charge in [0.05, 0.1) is 21.3 Å². The van der Waals surface area contributed by atoms with Crippen molar-refractivity contribution in [3.05, 3.63) is 29.3 Å². The smallest absolute Gasteiger partial charge is 0.468 e. The number of methoxy groups -OCH3 is 1. The van der Waals surface area contributed by atoms with E-state index in [9.17, 15) is 57.6 Å². The second-order valence-corrected chi connectivity index (χ2v) is 15.0. The van der Waals surface area contributed by atoms with Crippen molar-refractivity contribution in [2.24, 2.45) is 0 Å².